The van der Waals surface area contributed by atoms with Crippen LogP contribution in [0.1, 0.15) is 41.5 Å². The van der Waals surface area contributed by atoms with Crippen LogP contribution in [0.5, 0.6) is 11.5 Å². The van der Waals surface area contributed by atoms with Gasteiger partial charge in [-0.3, -0.25) is 9.48 Å². The molecule has 0 radical (unpaired) electrons. The number of nitrogens with zero attached hydrogens (tertiary/aromatic N) is 3. The average molecular weight is 421 g/mol. The first-order valence-corrected chi connectivity index (χ1v) is 8.47. The lowest BCUT2D eigenvalue weighted by atomic mass is 10.1. The van der Waals surface area contributed by atoms with Crippen molar-refractivity contribution in [3.63, 3.8) is 0 Å². The highest BCUT2D eigenvalue weighted by Crippen LogP contribution is 2.34. The molecule has 0 saturated heterocycles. The number of aromatic nitrogens is 2. The monoisotopic (exact) mass is 421 g/mol. The first kappa shape index (κ1) is 22.4. The molecule has 0 fully saturated rings. The maximum absolute atomic E-state index is 13.5. The lowest BCUT2D eigenvalue weighted by molar-refractivity contribution is -0.145. The number of carbonyl (C=O) groups excluding carboxylic acids is 1. The molecule has 11 heteroatoms. The fourth-order valence-corrected chi connectivity index (χ4v) is 2.75. The predicted molar refractivity (Wildman–Crippen MR) is 93.0 cm³/mol. The van der Waals surface area contributed by atoms with Crippen molar-refractivity contribution in [2.75, 3.05) is 14.2 Å². The van der Waals surface area contributed by atoms with Crippen LogP contribution in [0, 0.1) is 0 Å². The molecule has 160 valence electrons. The van der Waals surface area contributed by atoms with Crippen molar-refractivity contribution in [1.82, 2.24) is 14.7 Å². The second-order valence-corrected chi connectivity index (χ2v) is 6.47. The Labute approximate surface area is 163 Å². The van der Waals surface area contributed by atoms with Gasteiger partial charge in [0.2, 0.25) is 0 Å². The molecule has 1 aromatic heterocycles. The summed E-state index contributed by atoms with van der Waals surface area (Å²) >= 11 is 0. The summed E-state index contributed by atoms with van der Waals surface area (Å²) < 4.78 is 75.6. The number of amides is 1. The molecule has 29 heavy (non-hydrogen) atoms. The Hall–Kier alpha value is -2.85. The number of halogens is 5. The van der Waals surface area contributed by atoms with E-state index in [2.05, 4.69) is 9.84 Å². The van der Waals surface area contributed by atoms with Crippen molar-refractivity contribution < 1.29 is 36.2 Å². The molecule has 0 aliphatic heterocycles. The van der Waals surface area contributed by atoms with Crippen LogP contribution in [0.4, 0.5) is 22.0 Å². The Kier molecular flexibility index (Phi) is 6.70. The zero-order chi connectivity index (χ0) is 21.9. The van der Waals surface area contributed by atoms with Gasteiger partial charge in [0.25, 0.3) is 5.91 Å². The largest absolute Gasteiger partial charge is 0.493 e. The number of benzene rings is 1. The summed E-state index contributed by atoms with van der Waals surface area (Å²) in [5, 5.41) is 3.69. The zero-order valence-electron chi connectivity index (χ0n) is 16.1. The summed E-state index contributed by atoms with van der Waals surface area (Å²) in [4.78, 5) is 13.7. The Morgan fingerprint density at radius 2 is 1.90 bits per heavy atom. The van der Waals surface area contributed by atoms with Gasteiger partial charge in [0, 0.05) is 19.6 Å². The normalized spacial score (nSPS) is 11.8. The third kappa shape index (κ3) is 5.15. The minimum atomic E-state index is -4.77. The van der Waals surface area contributed by atoms with Gasteiger partial charge in [-0.25, -0.2) is 0 Å². The fourth-order valence-electron chi connectivity index (χ4n) is 2.75. The molecule has 0 aliphatic rings. The van der Waals surface area contributed by atoms with Crippen LogP contribution in [0.15, 0.2) is 24.4 Å². The number of carbonyl (C=O) groups is 1. The van der Waals surface area contributed by atoms with Crippen LogP contribution in [0.2, 0.25) is 0 Å². The number of methoxy groups -OCH3 is 1. The first-order valence-electron chi connectivity index (χ1n) is 8.47. The van der Waals surface area contributed by atoms with Gasteiger partial charge in [-0.2, -0.15) is 27.1 Å². The molecule has 6 nitrogen and oxygen atoms in total. The van der Waals surface area contributed by atoms with E-state index in [0.29, 0.717) is 5.56 Å². The van der Waals surface area contributed by atoms with Crippen LogP contribution >= 0.6 is 0 Å². The molecular formula is C18H20F5N3O3. The Morgan fingerprint density at radius 1 is 1.24 bits per heavy atom. The van der Waals surface area contributed by atoms with Gasteiger partial charge < -0.3 is 14.4 Å². The number of alkyl halides is 5. The van der Waals surface area contributed by atoms with E-state index in [1.54, 1.807) is 0 Å². The summed E-state index contributed by atoms with van der Waals surface area (Å²) in [6, 6.07) is 3.48. The lowest BCUT2D eigenvalue weighted by Crippen LogP contribution is -2.29. The van der Waals surface area contributed by atoms with E-state index in [9.17, 15) is 26.7 Å². The maximum atomic E-state index is 13.5. The topological polar surface area (TPSA) is 56.6 Å². The molecule has 1 amide bonds. The molecular weight excluding hydrogens is 401 g/mol. The molecule has 1 aromatic carbocycles. The first-order chi connectivity index (χ1) is 13.5. The number of hydrogen-bond donors (Lipinski definition) is 0. The van der Waals surface area contributed by atoms with Gasteiger partial charge in [0.05, 0.1) is 18.9 Å². The maximum Gasteiger partial charge on any atom is 0.433 e. The quantitative estimate of drug-likeness (QED) is 0.624. The molecule has 0 spiro atoms. The molecule has 0 unspecified atom stereocenters. The van der Waals surface area contributed by atoms with Crippen LogP contribution < -0.4 is 9.47 Å². The Bertz CT molecular complexity index is 865. The average Bonchev–Trinajstić information content (AvgIpc) is 3.06. The highest BCUT2D eigenvalue weighted by Gasteiger charge is 2.41. The Morgan fingerprint density at radius 3 is 2.41 bits per heavy atom. The molecule has 1 heterocycles. The van der Waals surface area contributed by atoms with Gasteiger partial charge in [-0.05, 0) is 31.5 Å². The summed E-state index contributed by atoms with van der Waals surface area (Å²) in [5.41, 5.74) is -1.37. The van der Waals surface area contributed by atoms with Crippen LogP contribution in [0.3, 0.4) is 0 Å². The van der Waals surface area contributed by atoms with Crippen LogP contribution in [0.25, 0.3) is 0 Å². The molecule has 0 N–H and O–H groups in total. The van der Waals surface area contributed by atoms with Crippen molar-refractivity contribution in [2.45, 2.75) is 39.2 Å². The van der Waals surface area contributed by atoms with E-state index in [1.807, 2.05) is 0 Å². The van der Waals surface area contributed by atoms with Crippen LogP contribution in [-0.2, 0) is 12.7 Å². The van der Waals surface area contributed by atoms with Gasteiger partial charge in [-0.15, -0.1) is 0 Å². The second-order valence-electron chi connectivity index (χ2n) is 6.47. The number of hydrogen-bond acceptors (Lipinski definition) is 4. The third-order valence-corrected chi connectivity index (χ3v) is 3.99. The highest BCUT2D eigenvalue weighted by molar-refractivity contribution is 5.95. The van der Waals surface area contributed by atoms with Gasteiger partial charge in [-0.1, -0.05) is 6.07 Å². The van der Waals surface area contributed by atoms with Crippen molar-refractivity contribution in [3.8, 4) is 11.5 Å². The summed E-state index contributed by atoms with van der Waals surface area (Å²) in [6.07, 6.45) is -3.90. The second kappa shape index (κ2) is 8.66. The van der Waals surface area contributed by atoms with Gasteiger partial charge in [0.1, 0.15) is 0 Å². The fraction of sp³-hybridized carbons (Fsp3) is 0.444. The molecule has 2 rings (SSSR count). The Balaban J connectivity index is 2.30. The minimum Gasteiger partial charge on any atom is -0.493 e. The van der Waals surface area contributed by atoms with E-state index in [0.717, 1.165) is 15.8 Å². The zero-order valence-corrected chi connectivity index (χ0v) is 16.1. The van der Waals surface area contributed by atoms with E-state index in [4.69, 9.17) is 4.74 Å². The smallest absolute Gasteiger partial charge is 0.433 e. The van der Waals surface area contributed by atoms with Crippen molar-refractivity contribution >= 4 is 5.91 Å². The van der Waals surface area contributed by atoms with Crippen LogP contribution in [-0.4, -0.2) is 41.4 Å². The lowest BCUT2D eigenvalue weighted by Gasteiger charge is -2.20. The predicted octanol–water partition coefficient (Wildman–Crippen LogP) is 4.37. The van der Waals surface area contributed by atoms with Gasteiger partial charge >= 0.3 is 12.8 Å². The van der Waals surface area contributed by atoms with E-state index >= 15 is 0 Å². The highest BCUT2D eigenvalue weighted by atomic mass is 19.4. The summed E-state index contributed by atoms with van der Waals surface area (Å²) in [7, 11) is 2.57. The molecule has 0 aliphatic carbocycles. The van der Waals surface area contributed by atoms with Crippen molar-refractivity contribution in [1.29, 1.82) is 0 Å². The SMILES string of the molecule is COc1ccc(CN(C)C(=O)c2cnn(C(C)C)c2C(F)(F)F)cc1OC(F)F. The standard InChI is InChI=1S/C18H20F5N3O3/c1-10(2)26-15(18(21,22)23)12(8-24-26)16(27)25(3)9-11-5-6-13(28-4)14(7-11)29-17(19)20/h5-8,10,17H,9H2,1-4H3. The molecule has 0 atom stereocenters. The number of ether oxygens (including phenoxy) is 2. The number of rotatable bonds is 7. The molecule has 0 bridgehead atoms. The minimum absolute atomic E-state index is 0.0561. The van der Waals surface area contributed by atoms with E-state index < -0.39 is 36.0 Å². The van der Waals surface area contributed by atoms with Gasteiger partial charge in [0.15, 0.2) is 17.2 Å². The van der Waals surface area contributed by atoms with Crippen molar-refractivity contribution in [3.05, 3.63) is 41.2 Å². The van der Waals surface area contributed by atoms with E-state index in [-0.39, 0.29) is 18.0 Å². The molecule has 0 saturated carbocycles. The third-order valence-electron chi connectivity index (χ3n) is 3.99. The van der Waals surface area contributed by atoms with Crippen molar-refractivity contribution in [2.24, 2.45) is 0 Å². The summed E-state index contributed by atoms with van der Waals surface area (Å²) in [6.45, 7) is -0.203. The summed E-state index contributed by atoms with van der Waals surface area (Å²) in [5.74, 6) is -1.10. The van der Waals surface area contributed by atoms with E-state index in [1.165, 1.54) is 46.2 Å². The molecule has 2 aromatic rings.